The van der Waals surface area contributed by atoms with Gasteiger partial charge in [-0.1, -0.05) is 36.4 Å². The second kappa shape index (κ2) is 6.51. The number of rotatable bonds is 6. The summed E-state index contributed by atoms with van der Waals surface area (Å²) in [5.41, 5.74) is 5.15. The second-order valence-corrected chi connectivity index (χ2v) is 4.77. The maximum atomic E-state index is 13.9. The van der Waals surface area contributed by atoms with E-state index in [9.17, 15) is 18.0 Å². The van der Waals surface area contributed by atoms with Crippen LogP contribution >= 0.6 is 0 Å². The number of halogens is 3. The molecule has 0 aliphatic carbocycles. The molecule has 2 aromatic rings. The van der Waals surface area contributed by atoms with Crippen molar-refractivity contribution in [3.63, 3.8) is 0 Å². The van der Waals surface area contributed by atoms with Crippen LogP contribution in [-0.4, -0.2) is 12.5 Å². The SMILES string of the molecule is NC(=O)Cc1ccc(OCC(F)(F)c2ccccc2)c(F)c1. The molecule has 22 heavy (non-hydrogen) atoms. The Morgan fingerprint density at radius 3 is 2.41 bits per heavy atom. The Labute approximate surface area is 125 Å². The van der Waals surface area contributed by atoms with Gasteiger partial charge in [-0.15, -0.1) is 0 Å². The summed E-state index contributed by atoms with van der Waals surface area (Å²) in [5, 5.41) is 0. The number of primary amides is 1. The normalized spacial score (nSPS) is 11.2. The predicted octanol–water partition coefficient (Wildman–Crippen LogP) is 3.02. The molecule has 6 heteroatoms. The summed E-state index contributed by atoms with van der Waals surface area (Å²) < 4.78 is 46.5. The van der Waals surface area contributed by atoms with E-state index < -0.39 is 24.3 Å². The number of carbonyl (C=O) groups excluding carboxylic acids is 1. The average molecular weight is 309 g/mol. The first-order valence-electron chi connectivity index (χ1n) is 6.51. The number of benzene rings is 2. The van der Waals surface area contributed by atoms with Crippen LogP contribution < -0.4 is 10.5 Å². The van der Waals surface area contributed by atoms with Crippen molar-refractivity contribution in [2.45, 2.75) is 12.3 Å². The monoisotopic (exact) mass is 309 g/mol. The molecule has 2 rings (SSSR count). The minimum absolute atomic E-state index is 0.128. The van der Waals surface area contributed by atoms with E-state index in [0.717, 1.165) is 6.07 Å². The molecule has 0 aliphatic rings. The molecule has 0 fully saturated rings. The van der Waals surface area contributed by atoms with Crippen molar-refractivity contribution >= 4 is 5.91 Å². The highest BCUT2D eigenvalue weighted by molar-refractivity contribution is 5.76. The van der Waals surface area contributed by atoms with Crippen molar-refractivity contribution < 1.29 is 22.7 Å². The van der Waals surface area contributed by atoms with Gasteiger partial charge < -0.3 is 10.5 Å². The van der Waals surface area contributed by atoms with Gasteiger partial charge in [0.2, 0.25) is 5.91 Å². The summed E-state index contributed by atoms with van der Waals surface area (Å²) in [6.07, 6.45) is -0.128. The molecular formula is C16H14F3NO2. The van der Waals surface area contributed by atoms with Crippen LogP contribution in [0.2, 0.25) is 0 Å². The van der Waals surface area contributed by atoms with Crippen LogP contribution in [0.3, 0.4) is 0 Å². The van der Waals surface area contributed by atoms with Crippen molar-refractivity contribution in [2.75, 3.05) is 6.61 Å². The largest absolute Gasteiger partial charge is 0.484 e. The van der Waals surface area contributed by atoms with Crippen LogP contribution in [0.4, 0.5) is 13.2 Å². The fourth-order valence-corrected chi connectivity index (χ4v) is 1.91. The van der Waals surface area contributed by atoms with Crippen molar-refractivity contribution in [1.82, 2.24) is 0 Å². The van der Waals surface area contributed by atoms with Crippen molar-refractivity contribution in [3.8, 4) is 5.75 Å². The summed E-state index contributed by atoms with van der Waals surface area (Å²) >= 11 is 0. The number of hydrogen-bond donors (Lipinski definition) is 1. The van der Waals surface area contributed by atoms with Gasteiger partial charge in [-0.3, -0.25) is 4.79 Å². The van der Waals surface area contributed by atoms with E-state index in [0.29, 0.717) is 5.56 Å². The zero-order valence-corrected chi connectivity index (χ0v) is 11.6. The van der Waals surface area contributed by atoms with Crippen LogP contribution in [0.25, 0.3) is 0 Å². The standard InChI is InChI=1S/C16H14F3NO2/c17-13-8-11(9-15(20)21)6-7-14(13)22-10-16(18,19)12-4-2-1-3-5-12/h1-8H,9-10H2,(H2,20,21). The van der Waals surface area contributed by atoms with E-state index >= 15 is 0 Å². The Kier molecular flexibility index (Phi) is 4.70. The molecule has 1 amide bonds. The van der Waals surface area contributed by atoms with Gasteiger partial charge in [0.1, 0.15) is 0 Å². The number of amides is 1. The average Bonchev–Trinajstić information content (AvgIpc) is 2.47. The lowest BCUT2D eigenvalue weighted by molar-refractivity contribution is -0.117. The maximum absolute atomic E-state index is 13.9. The zero-order valence-electron chi connectivity index (χ0n) is 11.6. The molecule has 0 aliphatic heterocycles. The Bertz CT molecular complexity index is 660. The number of ether oxygens (including phenoxy) is 1. The van der Waals surface area contributed by atoms with Gasteiger partial charge in [0, 0.05) is 5.56 Å². The molecule has 0 radical (unpaired) electrons. The minimum atomic E-state index is -3.24. The number of nitrogens with two attached hydrogens (primary N) is 1. The molecular weight excluding hydrogens is 295 g/mol. The van der Waals surface area contributed by atoms with E-state index in [1.54, 1.807) is 6.07 Å². The quantitative estimate of drug-likeness (QED) is 0.892. The molecule has 0 aromatic heterocycles. The zero-order chi connectivity index (χ0) is 16.2. The Morgan fingerprint density at radius 2 is 1.82 bits per heavy atom. The van der Waals surface area contributed by atoms with E-state index in [4.69, 9.17) is 10.5 Å². The lowest BCUT2D eigenvalue weighted by atomic mass is 10.1. The third-order valence-corrected chi connectivity index (χ3v) is 2.98. The van der Waals surface area contributed by atoms with E-state index in [-0.39, 0.29) is 17.7 Å². The third kappa shape index (κ3) is 4.00. The maximum Gasteiger partial charge on any atom is 0.306 e. The van der Waals surface area contributed by atoms with Gasteiger partial charge in [-0.2, -0.15) is 8.78 Å². The highest BCUT2D eigenvalue weighted by Crippen LogP contribution is 2.29. The van der Waals surface area contributed by atoms with Gasteiger partial charge in [-0.25, -0.2) is 4.39 Å². The summed E-state index contributed by atoms with van der Waals surface area (Å²) in [5.74, 6) is -4.96. The molecule has 0 unspecified atom stereocenters. The van der Waals surface area contributed by atoms with Crippen molar-refractivity contribution in [2.24, 2.45) is 5.73 Å². The summed E-state index contributed by atoms with van der Waals surface area (Å²) in [6, 6.07) is 10.8. The fourth-order valence-electron chi connectivity index (χ4n) is 1.91. The van der Waals surface area contributed by atoms with Crippen LogP contribution in [0, 0.1) is 5.82 Å². The molecule has 2 aromatic carbocycles. The van der Waals surface area contributed by atoms with Crippen LogP contribution in [0.15, 0.2) is 48.5 Å². The Morgan fingerprint density at radius 1 is 1.14 bits per heavy atom. The lowest BCUT2D eigenvalue weighted by Crippen LogP contribution is -2.23. The second-order valence-electron chi connectivity index (χ2n) is 4.77. The number of carbonyl (C=O) groups is 1. The highest BCUT2D eigenvalue weighted by atomic mass is 19.3. The predicted molar refractivity (Wildman–Crippen MR) is 75.1 cm³/mol. The molecule has 0 atom stereocenters. The van der Waals surface area contributed by atoms with Crippen LogP contribution in [-0.2, 0) is 17.1 Å². The van der Waals surface area contributed by atoms with Gasteiger partial charge in [0.05, 0.1) is 6.42 Å². The van der Waals surface area contributed by atoms with Crippen molar-refractivity contribution in [3.05, 3.63) is 65.5 Å². The third-order valence-electron chi connectivity index (χ3n) is 2.98. The van der Waals surface area contributed by atoms with Gasteiger partial charge in [0.25, 0.3) is 0 Å². The van der Waals surface area contributed by atoms with Crippen LogP contribution in [0.5, 0.6) is 5.75 Å². The van der Waals surface area contributed by atoms with Gasteiger partial charge in [-0.05, 0) is 17.7 Å². The van der Waals surface area contributed by atoms with Crippen LogP contribution in [0.1, 0.15) is 11.1 Å². The van der Waals surface area contributed by atoms with E-state index in [1.807, 2.05) is 0 Å². The molecule has 0 saturated carbocycles. The first-order valence-corrected chi connectivity index (χ1v) is 6.51. The first kappa shape index (κ1) is 15.9. The highest BCUT2D eigenvalue weighted by Gasteiger charge is 2.32. The molecule has 0 heterocycles. The van der Waals surface area contributed by atoms with E-state index in [2.05, 4.69) is 0 Å². The molecule has 0 bridgehead atoms. The topological polar surface area (TPSA) is 52.3 Å². The molecule has 3 nitrogen and oxygen atoms in total. The fraction of sp³-hybridized carbons (Fsp3) is 0.188. The smallest absolute Gasteiger partial charge is 0.306 e. The van der Waals surface area contributed by atoms with E-state index in [1.165, 1.54) is 36.4 Å². The summed E-state index contributed by atoms with van der Waals surface area (Å²) in [4.78, 5) is 10.7. The van der Waals surface area contributed by atoms with Gasteiger partial charge in [0.15, 0.2) is 18.2 Å². The Balaban J connectivity index is 2.07. The molecule has 0 saturated heterocycles. The molecule has 116 valence electrons. The van der Waals surface area contributed by atoms with Gasteiger partial charge >= 0.3 is 5.92 Å². The van der Waals surface area contributed by atoms with Crippen molar-refractivity contribution in [1.29, 1.82) is 0 Å². The summed E-state index contributed by atoms with van der Waals surface area (Å²) in [7, 11) is 0. The summed E-state index contributed by atoms with van der Waals surface area (Å²) in [6.45, 7) is -0.983. The molecule has 0 spiro atoms. The Hall–Kier alpha value is -2.50. The lowest BCUT2D eigenvalue weighted by Gasteiger charge is -2.17. The molecule has 2 N–H and O–H groups in total. The minimum Gasteiger partial charge on any atom is -0.484 e. The first-order chi connectivity index (χ1) is 10.4. The number of hydrogen-bond acceptors (Lipinski definition) is 2. The number of alkyl halides is 2.